The second kappa shape index (κ2) is 5.15. The third-order valence-corrected chi connectivity index (χ3v) is 4.03. The van der Waals surface area contributed by atoms with Crippen molar-refractivity contribution >= 4 is 5.97 Å². The molecule has 1 aliphatic carbocycles. The molecular weight excluding hydrogens is 244 g/mol. The van der Waals surface area contributed by atoms with E-state index in [1.807, 2.05) is 6.92 Å². The van der Waals surface area contributed by atoms with Crippen molar-refractivity contribution in [1.29, 1.82) is 0 Å². The SMILES string of the molecule is CCC1CC1n1c(C)c(CCC(=O)O)c(C)nc1=O. The van der Waals surface area contributed by atoms with Crippen LogP contribution in [0.5, 0.6) is 0 Å². The van der Waals surface area contributed by atoms with E-state index >= 15 is 0 Å². The van der Waals surface area contributed by atoms with E-state index in [1.54, 1.807) is 11.5 Å². The Morgan fingerprint density at radius 1 is 1.47 bits per heavy atom. The lowest BCUT2D eigenvalue weighted by atomic mass is 10.1. The molecule has 0 spiro atoms. The largest absolute Gasteiger partial charge is 0.481 e. The summed E-state index contributed by atoms with van der Waals surface area (Å²) in [5.41, 5.74) is 2.26. The van der Waals surface area contributed by atoms with Crippen molar-refractivity contribution in [3.05, 3.63) is 27.4 Å². The minimum atomic E-state index is -0.825. The fraction of sp³-hybridized carbons (Fsp3) is 0.643. The first kappa shape index (κ1) is 13.8. The van der Waals surface area contributed by atoms with Gasteiger partial charge in [-0.05, 0) is 38.2 Å². The average Bonchev–Trinajstić information content (AvgIpc) is 3.07. The molecule has 104 valence electrons. The molecule has 0 amide bonds. The Kier molecular flexibility index (Phi) is 3.73. The van der Waals surface area contributed by atoms with E-state index in [4.69, 9.17) is 5.11 Å². The second-order valence-electron chi connectivity index (χ2n) is 5.28. The zero-order valence-corrected chi connectivity index (χ0v) is 11.6. The monoisotopic (exact) mass is 264 g/mol. The summed E-state index contributed by atoms with van der Waals surface area (Å²) in [7, 11) is 0. The number of carboxylic acid groups (broad SMARTS) is 1. The third-order valence-electron chi connectivity index (χ3n) is 4.03. The van der Waals surface area contributed by atoms with Gasteiger partial charge in [-0.3, -0.25) is 9.36 Å². The van der Waals surface area contributed by atoms with Crippen LogP contribution in [0.1, 0.15) is 49.2 Å². The molecule has 5 nitrogen and oxygen atoms in total. The highest BCUT2D eigenvalue weighted by atomic mass is 16.4. The lowest BCUT2D eigenvalue weighted by molar-refractivity contribution is -0.136. The highest BCUT2D eigenvalue weighted by Gasteiger charge is 2.39. The van der Waals surface area contributed by atoms with Gasteiger partial charge in [-0.2, -0.15) is 4.98 Å². The van der Waals surface area contributed by atoms with Crippen LogP contribution >= 0.6 is 0 Å². The molecule has 2 rings (SSSR count). The van der Waals surface area contributed by atoms with Gasteiger partial charge in [0.15, 0.2) is 0 Å². The normalized spacial score (nSPS) is 21.4. The fourth-order valence-corrected chi connectivity index (χ4v) is 2.79. The molecule has 5 heteroatoms. The molecule has 1 aromatic rings. The predicted molar refractivity (Wildman–Crippen MR) is 71.4 cm³/mol. The summed E-state index contributed by atoms with van der Waals surface area (Å²) in [5, 5.41) is 8.79. The highest BCUT2D eigenvalue weighted by molar-refractivity contribution is 5.67. The van der Waals surface area contributed by atoms with Gasteiger partial charge in [-0.25, -0.2) is 4.79 Å². The smallest absolute Gasteiger partial charge is 0.348 e. The lowest BCUT2D eigenvalue weighted by Crippen LogP contribution is -2.27. The lowest BCUT2D eigenvalue weighted by Gasteiger charge is -2.15. The maximum atomic E-state index is 12.0. The van der Waals surface area contributed by atoms with Gasteiger partial charge in [0, 0.05) is 23.9 Å². The van der Waals surface area contributed by atoms with Crippen LogP contribution < -0.4 is 5.69 Å². The fourth-order valence-electron chi connectivity index (χ4n) is 2.79. The zero-order chi connectivity index (χ0) is 14.2. The van der Waals surface area contributed by atoms with Crippen molar-refractivity contribution in [2.75, 3.05) is 0 Å². The summed E-state index contributed by atoms with van der Waals surface area (Å²) < 4.78 is 1.76. The third kappa shape index (κ3) is 2.69. The van der Waals surface area contributed by atoms with E-state index in [-0.39, 0.29) is 18.2 Å². The summed E-state index contributed by atoms with van der Waals surface area (Å²) in [4.78, 5) is 26.8. The van der Waals surface area contributed by atoms with Crippen molar-refractivity contribution in [2.24, 2.45) is 5.92 Å². The molecule has 1 fully saturated rings. The van der Waals surface area contributed by atoms with Crippen LogP contribution in [-0.4, -0.2) is 20.6 Å². The van der Waals surface area contributed by atoms with Crippen LogP contribution in [0.25, 0.3) is 0 Å². The molecule has 0 aliphatic heterocycles. The van der Waals surface area contributed by atoms with Crippen molar-refractivity contribution in [1.82, 2.24) is 9.55 Å². The molecule has 2 unspecified atom stereocenters. The topological polar surface area (TPSA) is 72.2 Å². The van der Waals surface area contributed by atoms with Gasteiger partial charge >= 0.3 is 11.7 Å². The molecule has 0 aromatic carbocycles. The maximum absolute atomic E-state index is 12.0. The molecule has 19 heavy (non-hydrogen) atoms. The minimum absolute atomic E-state index is 0.0729. The average molecular weight is 264 g/mol. The first-order valence-electron chi connectivity index (χ1n) is 6.76. The van der Waals surface area contributed by atoms with Gasteiger partial charge in [0.05, 0.1) is 0 Å². The van der Waals surface area contributed by atoms with Gasteiger partial charge in [-0.1, -0.05) is 13.3 Å². The molecule has 1 N–H and O–H groups in total. The van der Waals surface area contributed by atoms with Crippen LogP contribution in [0, 0.1) is 19.8 Å². The summed E-state index contributed by atoms with van der Waals surface area (Å²) in [5.74, 6) is -0.261. The van der Waals surface area contributed by atoms with Crippen molar-refractivity contribution in [3.63, 3.8) is 0 Å². The number of hydrogen-bond acceptors (Lipinski definition) is 3. The van der Waals surface area contributed by atoms with E-state index in [1.165, 1.54) is 0 Å². The number of aryl methyl sites for hydroxylation is 1. The number of carbonyl (C=O) groups is 1. The molecule has 0 saturated heterocycles. The molecule has 1 aromatic heterocycles. The van der Waals surface area contributed by atoms with E-state index in [0.29, 0.717) is 18.0 Å². The Bertz CT molecular complexity index is 563. The minimum Gasteiger partial charge on any atom is -0.481 e. The zero-order valence-electron chi connectivity index (χ0n) is 11.6. The Balaban J connectivity index is 2.36. The van der Waals surface area contributed by atoms with Crippen LogP contribution in [0.3, 0.4) is 0 Å². The number of aromatic nitrogens is 2. The number of nitrogens with zero attached hydrogens (tertiary/aromatic N) is 2. The van der Waals surface area contributed by atoms with Crippen molar-refractivity contribution in [2.45, 2.75) is 52.5 Å². The van der Waals surface area contributed by atoms with Gasteiger partial charge in [0.25, 0.3) is 0 Å². The van der Waals surface area contributed by atoms with E-state index in [0.717, 1.165) is 24.1 Å². The molecule has 2 atom stereocenters. The molecule has 1 heterocycles. The van der Waals surface area contributed by atoms with Gasteiger partial charge in [0.2, 0.25) is 0 Å². The molecule has 0 radical (unpaired) electrons. The maximum Gasteiger partial charge on any atom is 0.348 e. The quantitative estimate of drug-likeness (QED) is 0.881. The predicted octanol–water partition coefficient (Wildman–Crippen LogP) is 1.85. The Morgan fingerprint density at radius 2 is 2.16 bits per heavy atom. The summed E-state index contributed by atoms with van der Waals surface area (Å²) in [6.07, 6.45) is 2.60. The first-order chi connectivity index (χ1) is 8.95. The standard InChI is InChI=1S/C14H20N2O3/c1-4-10-7-12(10)16-9(3)11(5-6-13(17)18)8(2)15-14(16)19/h10,12H,4-7H2,1-3H3,(H,17,18). The van der Waals surface area contributed by atoms with E-state index < -0.39 is 5.97 Å². The number of aliphatic carboxylic acids is 1. The Labute approximate surface area is 112 Å². The Morgan fingerprint density at radius 3 is 2.68 bits per heavy atom. The van der Waals surface area contributed by atoms with Crippen molar-refractivity contribution < 1.29 is 9.90 Å². The molecule has 1 saturated carbocycles. The summed E-state index contributed by atoms with van der Waals surface area (Å²) in [6.45, 7) is 5.80. The molecule has 1 aliphatic rings. The summed E-state index contributed by atoms with van der Waals surface area (Å²) in [6, 6.07) is 0.258. The van der Waals surface area contributed by atoms with E-state index in [2.05, 4.69) is 11.9 Å². The molecular formula is C14H20N2O3. The highest BCUT2D eigenvalue weighted by Crippen LogP contribution is 2.45. The Hall–Kier alpha value is -1.65. The van der Waals surface area contributed by atoms with E-state index in [9.17, 15) is 9.59 Å². The van der Waals surface area contributed by atoms with Crippen LogP contribution in [0.4, 0.5) is 0 Å². The molecule has 0 bridgehead atoms. The van der Waals surface area contributed by atoms with Crippen molar-refractivity contribution in [3.8, 4) is 0 Å². The van der Waals surface area contributed by atoms with Crippen LogP contribution in [-0.2, 0) is 11.2 Å². The summed E-state index contributed by atoms with van der Waals surface area (Å²) >= 11 is 0. The van der Waals surface area contributed by atoms with Crippen LogP contribution in [0.15, 0.2) is 4.79 Å². The second-order valence-corrected chi connectivity index (χ2v) is 5.28. The van der Waals surface area contributed by atoms with Gasteiger partial charge in [-0.15, -0.1) is 0 Å². The first-order valence-corrected chi connectivity index (χ1v) is 6.76. The van der Waals surface area contributed by atoms with Crippen LogP contribution in [0.2, 0.25) is 0 Å². The number of rotatable bonds is 5. The van der Waals surface area contributed by atoms with Gasteiger partial charge < -0.3 is 5.11 Å². The number of carboxylic acids is 1. The van der Waals surface area contributed by atoms with Gasteiger partial charge in [0.1, 0.15) is 0 Å². The number of hydrogen-bond donors (Lipinski definition) is 1.